The first kappa shape index (κ1) is 20.6. The van der Waals surface area contributed by atoms with Crippen molar-refractivity contribution in [3.8, 4) is 5.88 Å². The first-order valence-electron chi connectivity index (χ1n) is 10.0. The van der Waals surface area contributed by atoms with Gasteiger partial charge in [0.05, 0.1) is 12.2 Å². The van der Waals surface area contributed by atoms with E-state index in [4.69, 9.17) is 4.74 Å². The largest absolute Gasteiger partial charge is 0.474 e. The van der Waals surface area contributed by atoms with Crippen molar-refractivity contribution in [1.82, 2.24) is 20.6 Å². The van der Waals surface area contributed by atoms with Gasteiger partial charge >= 0.3 is 0 Å². The second-order valence-electron chi connectivity index (χ2n) is 7.53. The molecular weight excluding hydrogens is 370 g/mol. The lowest BCUT2D eigenvalue weighted by molar-refractivity contribution is 0.130. The van der Waals surface area contributed by atoms with Crippen LogP contribution in [-0.4, -0.2) is 29.1 Å². The summed E-state index contributed by atoms with van der Waals surface area (Å²) in [7, 11) is 1.78. The van der Waals surface area contributed by atoms with Crippen LogP contribution in [0.4, 0.5) is 0 Å². The second kappa shape index (κ2) is 9.87. The van der Waals surface area contributed by atoms with Gasteiger partial charge in [-0.05, 0) is 57.1 Å². The van der Waals surface area contributed by atoms with Crippen molar-refractivity contribution < 1.29 is 4.74 Å². The van der Waals surface area contributed by atoms with Gasteiger partial charge in [0.15, 0.2) is 5.96 Å². The van der Waals surface area contributed by atoms with E-state index in [2.05, 4.69) is 39.4 Å². The van der Waals surface area contributed by atoms with E-state index in [1.807, 2.05) is 25.3 Å². The first-order valence-corrected chi connectivity index (χ1v) is 10.8. The summed E-state index contributed by atoms with van der Waals surface area (Å²) < 4.78 is 6.10. The molecule has 1 aliphatic rings. The van der Waals surface area contributed by atoms with Gasteiger partial charge < -0.3 is 15.4 Å². The minimum absolute atomic E-state index is 0.298. The van der Waals surface area contributed by atoms with E-state index in [0.29, 0.717) is 19.2 Å². The first-order chi connectivity index (χ1) is 13.5. The summed E-state index contributed by atoms with van der Waals surface area (Å²) in [6.45, 7) is 7.79. The van der Waals surface area contributed by atoms with E-state index in [1.54, 1.807) is 18.4 Å². The van der Waals surface area contributed by atoms with E-state index in [9.17, 15) is 0 Å². The summed E-state index contributed by atoms with van der Waals surface area (Å²) in [6.07, 6.45) is 6.84. The highest BCUT2D eigenvalue weighted by Gasteiger charge is 2.19. The van der Waals surface area contributed by atoms with Gasteiger partial charge in [-0.1, -0.05) is 6.92 Å². The van der Waals surface area contributed by atoms with Gasteiger partial charge in [-0.15, -0.1) is 11.3 Å². The Hall–Kier alpha value is -2.15. The predicted octanol–water partition coefficient (Wildman–Crippen LogP) is 3.98. The SMILES string of the molecule is CN=C(NCc1ccnc(OC2CCC(C)CC2)c1)NCc1nc(C)c(C)s1. The minimum atomic E-state index is 0.298. The highest BCUT2D eigenvalue weighted by atomic mass is 32.1. The number of hydrogen-bond donors (Lipinski definition) is 2. The number of aliphatic imine (C=N–C) groups is 1. The lowest BCUT2D eigenvalue weighted by atomic mass is 9.89. The van der Waals surface area contributed by atoms with Crippen molar-refractivity contribution in [2.45, 2.75) is 65.6 Å². The zero-order valence-electron chi connectivity index (χ0n) is 17.3. The third kappa shape index (κ3) is 5.92. The van der Waals surface area contributed by atoms with Crippen molar-refractivity contribution in [2.75, 3.05) is 7.05 Å². The zero-order valence-corrected chi connectivity index (χ0v) is 18.1. The molecule has 0 spiro atoms. The predicted molar refractivity (Wildman–Crippen MR) is 115 cm³/mol. The quantitative estimate of drug-likeness (QED) is 0.566. The summed E-state index contributed by atoms with van der Waals surface area (Å²) in [5.41, 5.74) is 2.22. The Balaban J connectivity index is 1.48. The Labute approximate surface area is 171 Å². The van der Waals surface area contributed by atoms with E-state index < -0.39 is 0 Å². The summed E-state index contributed by atoms with van der Waals surface area (Å²) in [4.78, 5) is 14.5. The lowest BCUT2D eigenvalue weighted by Gasteiger charge is -2.26. The highest BCUT2D eigenvalue weighted by Crippen LogP contribution is 2.26. The fourth-order valence-corrected chi connectivity index (χ4v) is 4.20. The van der Waals surface area contributed by atoms with Gasteiger partial charge in [0.2, 0.25) is 5.88 Å². The normalized spacial score (nSPS) is 20.1. The van der Waals surface area contributed by atoms with Crippen LogP contribution >= 0.6 is 11.3 Å². The molecule has 1 saturated carbocycles. The third-order valence-corrected chi connectivity index (χ3v) is 6.29. The van der Waals surface area contributed by atoms with E-state index >= 15 is 0 Å². The molecule has 0 saturated heterocycles. The molecule has 1 aliphatic carbocycles. The van der Waals surface area contributed by atoms with E-state index in [0.717, 1.165) is 46.9 Å². The van der Waals surface area contributed by atoms with Gasteiger partial charge in [-0.3, -0.25) is 4.99 Å². The average Bonchev–Trinajstić information content (AvgIpc) is 3.02. The summed E-state index contributed by atoms with van der Waals surface area (Å²) in [6, 6.07) is 4.02. The van der Waals surface area contributed by atoms with Crippen LogP contribution < -0.4 is 15.4 Å². The molecule has 2 N–H and O–H groups in total. The van der Waals surface area contributed by atoms with E-state index in [-0.39, 0.29) is 0 Å². The number of hydrogen-bond acceptors (Lipinski definition) is 5. The molecule has 0 aromatic carbocycles. The van der Waals surface area contributed by atoms with Crippen molar-refractivity contribution in [1.29, 1.82) is 0 Å². The van der Waals surface area contributed by atoms with Crippen LogP contribution in [0.3, 0.4) is 0 Å². The number of guanidine groups is 1. The Morgan fingerprint density at radius 2 is 1.96 bits per heavy atom. The standard InChI is InChI=1S/C21H31N5OS/c1-14-5-7-18(8-6-14)27-19-11-17(9-10-23-19)12-24-21(22-4)25-13-20-26-15(2)16(3)28-20/h9-11,14,18H,5-8,12-13H2,1-4H3,(H2,22,24,25). The maximum absolute atomic E-state index is 6.10. The minimum Gasteiger partial charge on any atom is -0.474 e. The van der Waals surface area contributed by atoms with Gasteiger partial charge in [0, 0.05) is 30.7 Å². The molecule has 0 unspecified atom stereocenters. The summed E-state index contributed by atoms with van der Waals surface area (Å²) >= 11 is 1.72. The molecule has 0 aliphatic heterocycles. The smallest absolute Gasteiger partial charge is 0.213 e. The molecule has 0 amide bonds. The number of aryl methyl sites for hydroxylation is 2. The Kier molecular flexibility index (Phi) is 7.25. The van der Waals surface area contributed by atoms with Crippen LogP contribution in [0.15, 0.2) is 23.3 Å². The molecule has 2 heterocycles. The van der Waals surface area contributed by atoms with Crippen LogP contribution in [0.1, 0.15) is 53.7 Å². The lowest BCUT2D eigenvalue weighted by Crippen LogP contribution is -2.36. The molecule has 28 heavy (non-hydrogen) atoms. The Morgan fingerprint density at radius 1 is 1.21 bits per heavy atom. The number of nitrogens with one attached hydrogen (secondary N) is 2. The number of nitrogens with zero attached hydrogens (tertiary/aromatic N) is 3. The number of rotatable bonds is 6. The molecule has 2 aromatic rings. The van der Waals surface area contributed by atoms with Gasteiger partial charge in [0.1, 0.15) is 11.1 Å². The zero-order chi connectivity index (χ0) is 19.9. The maximum Gasteiger partial charge on any atom is 0.213 e. The van der Waals surface area contributed by atoms with Crippen molar-refractivity contribution in [3.63, 3.8) is 0 Å². The van der Waals surface area contributed by atoms with Crippen LogP contribution in [-0.2, 0) is 13.1 Å². The van der Waals surface area contributed by atoms with Crippen molar-refractivity contribution in [3.05, 3.63) is 39.5 Å². The number of aromatic nitrogens is 2. The molecule has 1 fully saturated rings. The van der Waals surface area contributed by atoms with Crippen molar-refractivity contribution in [2.24, 2.45) is 10.9 Å². The van der Waals surface area contributed by atoms with Gasteiger partial charge in [-0.2, -0.15) is 0 Å². The van der Waals surface area contributed by atoms with Crippen LogP contribution in [0.2, 0.25) is 0 Å². The molecule has 7 heteroatoms. The van der Waals surface area contributed by atoms with Gasteiger partial charge in [-0.25, -0.2) is 9.97 Å². The molecule has 152 valence electrons. The molecule has 0 atom stereocenters. The molecule has 3 rings (SSSR count). The molecule has 6 nitrogen and oxygen atoms in total. The monoisotopic (exact) mass is 401 g/mol. The molecular formula is C21H31N5OS. The van der Waals surface area contributed by atoms with Crippen molar-refractivity contribution >= 4 is 17.3 Å². The second-order valence-corrected chi connectivity index (χ2v) is 8.82. The molecule has 2 aromatic heterocycles. The molecule has 0 bridgehead atoms. The Bertz CT molecular complexity index is 776. The van der Waals surface area contributed by atoms with Gasteiger partial charge in [0.25, 0.3) is 0 Å². The maximum atomic E-state index is 6.10. The van der Waals surface area contributed by atoms with Crippen LogP contribution in [0, 0.1) is 19.8 Å². The number of ether oxygens (including phenoxy) is 1. The number of thiazole rings is 1. The van der Waals surface area contributed by atoms with Crippen LogP contribution in [0.25, 0.3) is 0 Å². The fourth-order valence-electron chi connectivity index (χ4n) is 3.32. The topological polar surface area (TPSA) is 71.4 Å². The van der Waals surface area contributed by atoms with E-state index in [1.165, 1.54) is 17.7 Å². The third-order valence-electron chi connectivity index (χ3n) is 5.21. The van der Waals surface area contributed by atoms with Crippen LogP contribution in [0.5, 0.6) is 5.88 Å². The summed E-state index contributed by atoms with van der Waals surface area (Å²) in [5, 5.41) is 7.74. The summed E-state index contributed by atoms with van der Waals surface area (Å²) in [5.74, 6) is 2.29. The average molecular weight is 402 g/mol. The molecule has 0 radical (unpaired) electrons. The fraction of sp³-hybridized carbons (Fsp3) is 0.571. The number of pyridine rings is 1. The Morgan fingerprint density at radius 3 is 2.64 bits per heavy atom. The highest BCUT2D eigenvalue weighted by molar-refractivity contribution is 7.11.